The summed E-state index contributed by atoms with van der Waals surface area (Å²) in [6.45, 7) is 0.0689. The highest BCUT2D eigenvalue weighted by Crippen LogP contribution is 2.00. The predicted octanol–water partition coefficient (Wildman–Crippen LogP) is 2.27. The maximum absolute atomic E-state index is 10.9. The molecule has 0 amide bonds. The fraction of sp³-hybridized carbons (Fsp3) is 0.0909. The summed E-state index contributed by atoms with van der Waals surface area (Å²) in [7, 11) is 0. The van der Waals surface area contributed by atoms with E-state index in [4.69, 9.17) is 16.8 Å². The average molecular weight is 240 g/mol. The van der Waals surface area contributed by atoms with Crippen molar-refractivity contribution in [2.75, 3.05) is 6.61 Å². The summed E-state index contributed by atoms with van der Waals surface area (Å²) in [4.78, 5) is 10.9. The largest absolute Gasteiger partial charge is 0.456 e. The molecule has 0 bridgehead atoms. The van der Waals surface area contributed by atoms with E-state index in [0.717, 1.165) is 5.56 Å². The molecular formula is C11H10ClNO3. The van der Waals surface area contributed by atoms with Gasteiger partial charge in [0.05, 0.1) is 0 Å². The number of hydrogen-bond acceptors (Lipinski definition) is 4. The molecule has 0 aliphatic rings. The summed E-state index contributed by atoms with van der Waals surface area (Å²) in [5, 5.41) is 10.1. The molecule has 0 atom stereocenters. The smallest absolute Gasteiger partial charge is 0.372 e. The quantitative estimate of drug-likeness (QED) is 0.380. The molecule has 1 aromatic rings. The van der Waals surface area contributed by atoms with Gasteiger partial charge in [-0.2, -0.15) is 0 Å². The van der Waals surface area contributed by atoms with E-state index < -0.39 is 11.1 Å². The number of rotatable bonds is 4. The normalized spacial score (nSPS) is 11.7. The Morgan fingerprint density at radius 2 is 2.12 bits per heavy atom. The Labute approximate surface area is 97.8 Å². The first kappa shape index (κ1) is 12.3. The van der Waals surface area contributed by atoms with Gasteiger partial charge in [-0.25, -0.2) is 4.79 Å². The van der Waals surface area contributed by atoms with Gasteiger partial charge in [-0.1, -0.05) is 53.2 Å². The van der Waals surface area contributed by atoms with Gasteiger partial charge < -0.3 is 9.94 Å². The van der Waals surface area contributed by atoms with E-state index in [1.807, 2.05) is 30.3 Å². The second kappa shape index (κ2) is 6.63. The van der Waals surface area contributed by atoms with Crippen LogP contribution in [-0.4, -0.2) is 23.0 Å². The zero-order chi connectivity index (χ0) is 11.8. The van der Waals surface area contributed by atoms with E-state index in [9.17, 15) is 4.79 Å². The lowest BCUT2D eigenvalue weighted by molar-refractivity contribution is -0.134. The Balaban J connectivity index is 2.37. The first-order chi connectivity index (χ1) is 7.74. The van der Waals surface area contributed by atoms with E-state index in [-0.39, 0.29) is 6.61 Å². The van der Waals surface area contributed by atoms with Crippen LogP contribution in [0.25, 0.3) is 6.08 Å². The van der Waals surface area contributed by atoms with Gasteiger partial charge >= 0.3 is 5.97 Å². The summed E-state index contributed by atoms with van der Waals surface area (Å²) < 4.78 is 4.67. The summed E-state index contributed by atoms with van der Waals surface area (Å²) in [5.41, 5.74) is 1.00. The van der Waals surface area contributed by atoms with Crippen LogP contribution in [0.5, 0.6) is 0 Å². The van der Waals surface area contributed by atoms with Gasteiger partial charge in [0, 0.05) is 0 Å². The molecular weight excluding hydrogens is 230 g/mol. The van der Waals surface area contributed by atoms with Crippen LogP contribution in [0.2, 0.25) is 0 Å². The number of esters is 1. The lowest BCUT2D eigenvalue weighted by atomic mass is 10.2. The third kappa shape index (κ3) is 4.14. The zero-order valence-electron chi connectivity index (χ0n) is 8.34. The molecule has 0 radical (unpaired) electrons. The molecule has 1 rings (SSSR count). The Hall–Kier alpha value is -1.81. The van der Waals surface area contributed by atoms with Gasteiger partial charge in [-0.05, 0) is 11.6 Å². The van der Waals surface area contributed by atoms with Crippen molar-refractivity contribution >= 4 is 28.8 Å². The van der Waals surface area contributed by atoms with E-state index in [0.29, 0.717) is 0 Å². The molecule has 5 heteroatoms. The molecule has 1 N–H and O–H groups in total. The molecule has 4 nitrogen and oxygen atoms in total. The molecule has 0 aliphatic heterocycles. The van der Waals surface area contributed by atoms with Gasteiger partial charge in [0.15, 0.2) is 0 Å². The third-order valence-corrected chi connectivity index (χ3v) is 1.91. The van der Waals surface area contributed by atoms with Crippen LogP contribution in [0.1, 0.15) is 5.56 Å². The van der Waals surface area contributed by atoms with Crippen LogP contribution in [0.3, 0.4) is 0 Å². The number of carbonyl (C=O) groups excluding carboxylic acids is 1. The van der Waals surface area contributed by atoms with Gasteiger partial charge in [-0.3, -0.25) is 0 Å². The van der Waals surface area contributed by atoms with Crippen molar-refractivity contribution in [3.63, 3.8) is 0 Å². The van der Waals surface area contributed by atoms with Gasteiger partial charge in [0.2, 0.25) is 0 Å². The number of hydrogen-bond donors (Lipinski definition) is 1. The Morgan fingerprint density at radius 3 is 2.75 bits per heavy atom. The molecule has 0 unspecified atom stereocenters. The summed E-state index contributed by atoms with van der Waals surface area (Å²) in [6.07, 6.45) is 3.46. The monoisotopic (exact) mass is 239 g/mol. The zero-order valence-corrected chi connectivity index (χ0v) is 9.09. The summed E-state index contributed by atoms with van der Waals surface area (Å²) in [5.74, 6) is -0.859. The van der Waals surface area contributed by atoms with Crippen LogP contribution >= 0.6 is 11.6 Å². The first-order valence-corrected chi connectivity index (χ1v) is 4.88. The number of benzene rings is 1. The standard InChI is InChI=1S/C11H10ClNO3/c12-10(13-15)11(14)16-8-4-7-9-5-2-1-3-6-9/h1-7,15H,8H2/b7-4+,13-10-. The molecule has 1 aromatic carbocycles. The van der Waals surface area contributed by atoms with E-state index in [2.05, 4.69) is 9.89 Å². The molecule has 0 saturated carbocycles. The van der Waals surface area contributed by atoms with E-state index >= 15 is 0 Å². The van der Waals surface area contributed by atoms with Crippen LogP contribution in [0.4, 0.5) is 0 Å². The maximum Gasteiger partial charge on any atom is 0.372 e. The van der Waals surface area contributed by atoms with Gasteiger partial charge in [0.1, 0.15) is 6.61 Å². The Morgan fingerprint density at radius 1 is 1.44 bits per heavy atom. The lowest BCUT2D eigenvalue weighted by Gasteiger charge is -1.97. The number of ether oxygens (including phenoxy) is 1. The van der Waals surface area contributed by atoms with Gasteiger partial charge in [0.25, 0.3) is 5.17 Å². The third-order valence-electron chi connectivity index (χ3n) is 1.68. The predicted molar refractivity (Wildman–Crippen MR) is 61.5 cm³/mol. The fourth-order valence-corrected chi connectivity index (χ4v) is 1.03. The number of halogens is 1. The van der Waals surface area contributed by atoms with E-state index in [1.54, 1.807) is 12.2 Å². The molecule has 0 aromatic heterocycles. The van der Waals surface area contributed by atoms with Crippen molar-refractivity contribution in [3.05, 3.63) is 42.0 Å². The fourth-order valence-electron chi connectivity index (χ4n) is 0.973. The minimum absolute atomic E-state index is 0.0689. The topological polar surface area (TPSA) is 58.9 Å². The van der Waals surface area contributed by atoms with Crippen molar-refractivity contribution in [3.8, 4) is 0 Å². The van der Waals surface area contributed by atoms with Crippen LogP contribution in [0, 0.1) is 0 Å². The Kier molecular flexibility index (Phi) is 5.08. The first-order valence-electron chi connectivity index (χ1n) is 4.50. The van der Waals surface area contributed by atoms with E-state index in [1.165, 1.54) is 0 Å². The lowest BCUT2D eigenvalue weighted by Crippen LogP contribution is -2.12. The minimum Gasteiger partial charge on any atom is -0.456 e. The van der Waals surface area contributed by atoms with Crippen molar-refractivity contribution in [1.82, 2.24) is 0 Å². The number of nitrogens with zero attached hydrogens (tertiary/aromatic N) is 1. The van der Waals surface area contributed by atoms with Crippen LogP contribution < -0.4 is 0 Å². The van der Waals surface area contributed by atoms with Gasteiger partial charge in [-0.15, -0.1) is 0 Å². The molecule has 0 saturated heterocycles. The average Bonchev–Trinajstić information content (AvgIpc) is 2.34. The number of oxime groups is 1. The molecule has 0 heterocycles. The molecule has 0 fully saturated rings. The van der Waals surface area contributed by atoms with Crippen molar-refractivity contribution in [2.24, 2.45) is 5.16 Å². The molecule has 0 aliphatic carbocycles. The number of carbonyl (C=O) groups is 1. The second-order valence-electron chi connectivity index (χ2n) is 2.80. The SMILES string of the molecule is O=C(OC/C=C/c1ccccc1)/C(Cl)=N/O. The van der Waals surface area contributed by atoms with Crippen molar-refractivity contribution < 1.29 is 14.7 Å². The van der Waals surface area contributed by atoms with Crippen molar-refractivity contribution in [2.45, 2.75) is 0 Å². The van der Waals surface area contributed by atoms with Crippen molar-refractivity contribution in [1.29, 1.82) is 0 Å². The second-order valence-corrected chi connectivity index (χ2v) is 3.16. The highest BCUT2D eigenvalue weighted by molar-refractivity contribution is 6.81. The Bertz CT molecular complexity index is 401. The highest BCUT2D eigenvalue weighted by Gasteiger charge is 2.08. The van der Waals surface area contributed by atoms with Crippen LogP contribution in [0.15, 0.2) is 41.6 Å². The summed E-state index contributed by atoms with van der Waals surface area (Å²) in [6, 6.07) is 9.55. The minimum atomic E-state index is -0.859. The molecule has 0 spiro atoms. The molecule has 16 heavy (non-hydrogen) atoms. The highest BCUT2D eigenvalue weighted by atomic mass is 35.5. The molecule has 84 valence electrons. The maximum atomic E-state index is 10.9. The summed E-state index contributed by atoms with van der Waals surface area (Å²) >= 11 is 5.21. The van der Waals surface area contributed by atoms with Crippen LogP contribution in [-0.2, 0) is 9.53 Å².